The number of anilines is 1. The van der Waals surface area contributed by atoms with E-state index < -0.39 is 16.0 Å². The first-order chi connectivity index (χ1) is 5.87. The van der Waals surface area contributed by atoms with Crippen molar-refractivity contribution in [2.45, 2.75) is 5.75 Å². The predicted octanol–water partition coefficient (Wildman–Crippen LogP) is 1.67. The zero-order valence-corrected chi connectivity index (χ0v) is 9.47. The molecule has 0 saturated heterocycles. The van der Waals surface area contributed by atoms with Gasteiger partial charge in [0.2, 0.25) is 0 Å². The summed E-state index contributed by atoms with van der Waals surface area (Å²) in [7, 11) is -4.47. The highest BCUT2D eigenvalue weighted by molar-refractivity contribution is 14.1. The van der Waals surface area contributed by atoms with Crippen LogP contribution in [0.3, 0.4) is 0 Å². The zero-order chi connectivity index (χ0) is 10.1. The number of rotatable bonds is 2. The van der Waals surface area contributed by atoms with E-state index in [1.165, 1.54) is 6.07 Å². The van der Waals surface area contributed by atoms with Crippen molar-refractivity contribution in [3.8, 4) is 0 Å². The second-order valence-corrected chi connectivity index (χ2v) is 5.19. The first kappa shape index (κ1) is 10.7. The molecule has 72 valence electrons. The quantitative estimate of drug-likeness (QED) is 0.513. The maximum atomic E-state index is 12.3. The monoisotopic (exact) mass is 315 g/mol. The fraction of sp³-hybridized carbons (Fsp3) is 0.143. The zero-order valence-electron chi connectivity index (χ0n) is 6.50. The highest BCUT2D eigenvalue weighted by atomic mass is 127. The molecule has 0 aliphatic rings. The lowest BCUT2D eigenvalue weighted by atomic mass is 10.2. The number of hydrogen-bond acceptors (Lipinski definition) is 3. The normalized spacial score (nSPS) is 11.5. The second kappa shape index (κ2) is 3.79. The van der Waals surface area contributed by atoms with Gasteiger partial charge in [0.05, 0.1) is 0 Å². The second-order valence-electron chi connectivity index (χ2n) is 2.58. The van der Waals surface area contributed by atoms with E-state index in [-0.39, 0.29) is 0 Å². The van der Waals surface area contributed by atoms with E-state index in [0.29, 0.717) is 11.3 Å². The Bertz CT molecular complexity index is 398. The summed E-state index contributed by atoms with van der Waals surface area (Å²) in [6.45, 7) is 0. The SMILES string of the molecule is Nc1cc(I)cc(CS(=O)(=O)F)c1. The van der Waals surface area contributed by atoms with Gasteiger partial charge in [0.1, 0.15) is 5.75 Å². The number of nitrogen functional groups attached to an aromatic ring is 1. The Morgan fingerprint density at radius 1 is 1.38 bits per heavy atom. The van der Waals surface area contributed by atoms with Crippen LogP contribution in [0, 0.1) is 3.57 Å². The van der Waals surface area contributed by atoms with Gasteiger partial charge < -0.3 is 5.73 Å². The Balaban J connectivity index is 3.03. The first-order valence-corrected chi connectivity index (χ1v) is 5.97. The number of hydrogen-bond donors (Lipinski definition) is 1. The molecule has 0 unspecified atom stereocenters. The topological polar surface area (TPSA) is 60.2 Å². The minimum atomic E-state index is -4.47. The van der Waals surface area contributed by atoms with Crippen LogP contribution in [-0.4, -0.2) is 8.42 Å². The lowest BCUT2D eigenvalue weighted by molar-refractivity contribution is 0.551. The summed E-state index contributed by atoms with van der Waals surface area (Å²) < 4.78 is 33.7. The van der Waals surface area contributed by atoms with Gasteiger partial charge in [0.15, 0.2) is 0 Å². The molecule has 0 radical (unpaired) electrons. The van der Waals surface area contributed by atoms with Crippen LogP contribution in [0.1, 0.15) is 5.56 Å². The molecule has 13 heavy (non-hydrogen) atoms. The molecule has 0 aliphatic carbocycles. The molecule has 0 bridgehead atoms. The van der Waals surface area contributed by atoms with E-state index >= 15 is 0 Å². The summed E-state index contributed by atoms with van der Waals surface area (Å²) in [5.74, 6) is -0.617. The number of halogens is 2. The molecule has 0 saturated carbocycles. The molecule has 0 aromatic heterocycles. The van der Waals surface area contributed by atoms with Crippen molar-refractivity contribution in [2.75, 3.05) is 5.73 Å². The van der Waals surface area contributed by atoms with Crippen LogP contribution in [0.2, 0.25) is 0 Å². The Labute approximate surface area is 89.5 Å². The van der Waals surface area contributed by atoms with Crippen LogP contribution in [0.4, 0.5) is 9.57 Å². The molecule has 1 rings (SSSR count). The average molecular weight is 315 g/mol. The molecule has 0 spiro atoms. The summed E-state index contributed by atoms with van der Waals surface area (Å²) in [6.07, 6.45) is 0. The molecule has 6 heteroatoms. The molecule has 1 aromatic carbocycles. The summed E-state index contributed by atoms with van der Waals surface area (Å²) in [5, 5.41) is 0. The summed E-state index contributed by atoms with van der Waals surface area (Å²) in [6, 6.07) is 4.70. The Morgan fingerprint density at radius 2 is 2.00 bits per heavy atom. The van der Waals surface area contributed by atoms with E-state index in [9.17, 15) is 12.3 Å². The van der Waals surface area contributed by atoms with Gasteiger partial charge in [-0.05, 0) is 46.4 Å². The molecule has 0 atom stereocenters. The van der Waals surface area contributed by atoms with Crippen molar-refractivity contribution in [1.29, 1.82) is 0 Å². The molecule has 3 nitrogen and oxygen atoms in total. The van der Waals surface area contributed by atoms with Crippen molar-refractivity contribution in [3.63, 3.8) is 0 Å². The molecular weight excluding hydrogens is 308 g/mol. The van der Waals surface area contributed by atoms with E-state index in [1.807, 2.05) is 22.6 Å². The minimum Gasteiger partial charge on any atom is -0.399 e. The lowest BCUT2D eigenvalue weighted by Crippen LogP contribution is -1.98. The Morgan fingerprint density at radius 3 is 2.46 bits per heavy atom. The fourth-order valence-electron chi connectivity index (χ4n) is 0.958. The largest absolute Gasteiger partial charge is 0.399 e. The third kappa shape index (κ3) is 3.90. The van der Waals surface area contributed by atoms with E-state index in [1.54, 1.807) is 12.1 Å². The minimum absolute atomic E-state index is 0.368. The fourth-order valence-corrected chi connectivity index (χ4v) is 2.28. The molecule has 1 aromatic rings. The summed E-state index contributed by atoms with van der Waals surface area (Å²) in [5.41, 5.74) is 6.26. The van der Waals surface area contributed by atoms with Gasteiger partial charge in [-0.25, -0.2) is 0 Å². The van der Waals surface area contributed by atoms with Gasteiger partial charge in [-0.15, -0.1) is 3.89 Å². The number of benzene rings is 1. The van der Waals surface area contributed by atoms with Crippen LogP contribution in [0.15, 0.2) is 18.2 Å². The highest BCUT2D eigenvalue weighted by Crippen LogP contribution is 2.16. The van der Waals surface area contributed by atoms with Gasteiger partial charge in [-0.3, -0.25) is 0 Å². The van der Waals surface area contributed by atoms with Crippen molar-refractivity contribution in [1.82, 2.24) is 0 Å². The van der Waals surface area contributed by atoms with E-state index in [0.717, 1.165) is 3.57 Å². The standard InChI is InChI=1S/C7H7FINO2S/c8-13(11,12)4-5-1-6(9)3-7(10)2-5/h1-3H,4,10H2. The van der Waals surface area contributed by atoms with Gasteiger partial charge >= 0.3 is 10.2 Å². The van der Waals surface area contributed by atoms with Gasteiger partial charge in [0, 0.05) is 9.26 Å². The van der Waals surface area contributed by atoms with Crippen molar-refractivity contribution >= 4 is 38.5 Å². The first-order valence-electron chi connectivity index (χ1n) is 3.34. The molecular formula is C7H7FINO2S. The molecule has 2 N–H and O–H groups in total. The Kier molecular flexibility index (Phi) is 3.12. The van der Waals surface area contributed by atoms with Crippen LogP contribution >= 0.6 is 22.6 Å². The maximum Gasteiger partial charge on any atom is 0.306 e. The van der Waals surface area contributed by atoms with E-state index in [4.69, 9.17) is 5.73 Å². The molecule has 0 heterocycles. The molecule has 0 fully saturated rings. The predicted molar refractivity (Wildman–Crippen MR) is 57.3 cm³/mol. The van der Waals surface area contributed by atoms with Gasteiger partial charge in [0.25, 0.3) is 0 Å². The van der Waals surface area contributed by atoms with Crippen LogP contribution in [0.25, 0.3) is 0 Å². The van der Waals surface area contributed by atoms with Gasteiger partial charge in [-0.2, -0.15) is 8.42 Å². The van der Waals surface area contributed by atoms with Crippen molar-refractivity contribution < 1.29 is 12.3 Å². The van der Waals surface area contributed by atoms with Gasteiger partial charge in [-0.1, -0.05) is 0 Å². The molecule has 0 amide bonds. The Hall–Kier alpha value is -0.370. The maximum absolute atomic E-state index is 12.3. The highest BCUT2D eigenvalue weighted by Gasteiger charge is 2.09. The molecule has 0 aliphatic heterocycles. The lowest BCUT2D eigenvalue weighted by Gasteiger charge is -2.00. The van der Waals surface area contributed by atoms with E-state index in [2.05, 4.69) is 0 Å². The van der Waals surface area contributed by atoms with Crippen molar-refractivity contribution in [2.24, 2.45) is 0 Å². The third-order valence-corrected chi connectivity index (χ3v) is 2.62. The number of nitrogens with two attached hydrogens (primary N) is 1. The van der Waals surface area contributed by atoms with Crippen molar-refractivity contribution in [3.05, 3.63) is 27.3 Å². The third-order valence-electron chi connectivity index (χ3n) is 1.32. The van der Waals surface area contributed by atoms with Crippen LogP contribution in [0.5, 0.6) is 0 Å². The van der Waals surface area contributed by atoms with Crippen LogP contribution in [-0.2, 0) is 16.0 Å². The summed E-state index contributed by atoms with van der Waals surface area (Å²) >= 11 is 1.99. The average Bonchev–Trinajstić information content (AvgIpc) is 1.78. The van der Waals surface area contributed by atoms with Crippen LogP contribution < -0.4 is 5.73 Å². The smallest absolute Gasteiger partial charge is 0.306 e. The summed E-state index contributed by atoms with van der Waals surface area (Å²) in [4.78, 5) is 0.